The Morgan fingerprint density at radius 2 is 1.41 bits per heavy atom. The van der Waals surface area contributed by atoms with Crippen LogP contribution in [0.3, 0.4) is 0 Å². The van der Waals surface area contributed by atoms with Crippen molar-refractivity contribution in [1.82, 2.24) is 9.97 Å². The highest BCUT2D eigenvalue weighted by Gasteiger charge is 2.13. The van der Waals surface area contributed by atoms with E-state index in [0.717, 1.165) is 22.6 Å². The SMILES string of the molecule is Cc1cccc(C)c1-c1cc(C)c(-c2ccccn2)c(C)n1. The van der Waals surface area contributed by atoms with E-state index in [-0.39, 0.29) is 0 Å². The minimum Gasteiger partial charge on any atom is -0.256 e. The van der Waals surface area contributed by atoms with Crippen LogP contribution in [0.15, 0.2) is 48.7 Å². The lowest BCUT2D eigenvalue weighted by Crippen LogP contribution is -1.98. The summed E-state index contributed by atoms with van der Waals surface area (Å²) >= 11 is 0. The average molecular weight is 288 g/mol. The zero-order chi connectivity index (χ0) is 15.7. The molecule has 0 saturated heterocycles. The van der Waals surface area contributed by atoms with Crippen LogP contribution in [-0.4, -0.2) is 9.97 Å². The van der Waals surface area contributed by atoms with Gasteiger partial charge >= 0.3 is 0 Å². The van der Waals surface area contributed by atoms with Gasteiger partial charge in [0.1, 0.15) is 0 Å². The van der Waals surface area contributed by atoms with Gasteiger partial charge in [0.2, 0.25) is 0 Å². The van der Waals surface area contributed by atoms with E-state index in [4.69, 9.17) is 4.98 Å². The molecule has 2 heterocycles. The molecule has 0 bridgehead atoms. The van der Waals surface area contributed by atoms with Crippen molar-refractivity contribution in [2.75, 3.05) is 0 Å². The van der Waals surface area contributed by atoms with Gasteiger partial charge in [-0.05, 0) is 62.6 Å². The normalized spacial score (nSPS) is 10.7. The van der Waals surface area contributed by atoms with Crippen LogP contribution in [0, 0.1) is 27.7 Å². The first-order chi connectivity index (χ1) is 10.6. The highest BCUT2D eigenvalue weighted by atomic mass is 14.7. The third-order valence-electron chi connectivity index (χ3n) is 4.06. The Morgan fingerprint density at radius 3 is 2.00 bits per heavy atom. The van der Waals surface area contributed by atoms with E-state index >= 15 is 0 Å². The molecule has 0 aliphatic heterocycles. The summed E-state index contributed by atoms with van der Waals surface area (Å²) in [6, 6.07) is 14.5. The van der Waals surface area contributed by atoms with E-state index in [1.165, 1.54) is 22.3 Å². The molecular weight excluding hydrogens is 268 g/mol. The van der Waals surface area contributed by atoms with Crippen LogP contribution in [0.4, 0.5) is 0 Å². The predicted molar refractivity (Wildman–Crippen MR) is 91.9 cm³/mol. The van der Waals surface area contributed by atoms with Crippen molar-refractivity contribution in [3.8, 4) is 22.5 Å². The highest BCUT2D eigenvalue weighted by Crippen LogP contribution is 2.31. The molecule has 0 amide bonds. The minimum absolute atomic E-state index is 0.984. The standard InChI is InChI=1S/C20H20N2/c1-13-8-7-9-14(2)19(13)18-12-15(3)20(16(4)22-18)17-10-5-6-11-21-17/h5-12H,1-4H3. The summed E-state index contributed by atoms with van der Waals surface area (Å²) in [7, 11) is 0. The largest absolute Gasteiger partial charge is 0.256 e. The second-order valence-electron chi connectivity index (χ2n) is 5.77. The van der Waals surface area contributed by atoms with Crippen LogP contribution in [0.2, 0.25) is 0 Å². The number of aryl methyl sites for hydroxylation is 4. The third-order valence-corrected chi connectivity index (χ3v) is 4.06. The first-order valence-corrected chi connectivity index (χ1v) is 7.54. The van der Waals surface area contributed by atoms with E-state index in [0.29, 0.717) is 0 Å². The zero-order valence-electron chi connectivity index (χ0n) is 13.5. The number of hydrogen-bond acceptors (Lipinski definition) is 2. The van der Waals surface area contributed by atoms with E-state index < -0.39 is 0 Å². The van der Waals surface area contributed by atoms with Crippen LogP contribution in [0.5, 0.6) is 0 Å². The molecule has 2 aromatic heterocycles. The van der Waals surface area contributed by atoms with Crippen molar-refractivity contribution < 1.29 is 0 Å². The molecule has 3 rings (SSSR count). The van der Waals surface area contributed by atoms with Gasteiger partial charge in [-0.15, -0.1) is 0 Å². The summed E-state index contributed by atoms with van der Waals surface area (Å²) in [6.07, 6.45) is 1.83. The van der Waals surface area contributed by atoms with Gasteiger partial charge in [0.05, 0.1) is 11.4 Å². The highest BCUT2D eigenvalue weighted by molar-refractivity contribution is 5.73. The van der Waals surface area contributed by atoms with Gasteiger partial charge in [-0.1, -0.05) is 24.3 Å². The molecule has 0 fully saturated rings. The molecule has 2 nitrogen and oxygen atoms in total. The summed E-state index contributed by atoms with van der Waals surface area (Å²) in [6.45, 7) is 8.48. The van der Waals surface area contributed by atoms with E-state index in [9.17, 15) is 0 Å². The van der Waals surface area contributed by atoms with Crippen LogP contribution in [0.1, 0.15) is 22.4 Å². The second kappa shape index (κ2) is 5.72. The Bertz CT molecular complexity index is 777. The van der Waals surface area contributed by atoms with Gasteiger partial charge in [0, 0.05) is 23.0 Å². The van der Waals surface area contributed by atoms with Gasteiger partial charge in [-0.25, -0.2) is 0 Å². The maximum atomic E-state index is 4.86. The lowest BCUT2D eigenvalue weighted by molar-refractivity contribution is 1.16. The third kappa shape index (κ3) is 2.52. The molecule has 0 aliphatic rings. The lowest BCUT2D eigenvalue weighted by Gasteiger charge is -2.14. The fourth-order valence-electron chi connectivity index (χ4n) is 3.08. The van der Waals surface area contributed by atoms with Crippen LogP contribution in [0.25, 0.3) is 22.5 Å². The molecule has 0 saturated carbocycles. The number of rotatable bonds is 2. The summed E-state index contributed by atoms with van der Waals surface area (Å²) < 4.78 is 0. The molecule has 1 aromatic carbocycles. The van der Waals surface area contributed by atoms with Crippen LogP contribution in [-0.2, 0) is 0 Å². The molecule has 3 aromatic rings. The molecule has 0 atom stereocenters. The monoisotopic (exact) mass is 288 g/mol. The Hall–Kier alpha value is -2.48. The van der Waals surface area contributed by atoms with Gasteiger partial charge in [0.25, 0.3) is 0 Å². The molecule has 0 radical (unpaired) electrons. The van der Waals surface area contributed by atoms with Gasteiger partial charge in [-0.2, -0.15) is 0 Å². The molecular formula is C20H20N2. The van der Waals surface area contributed by atoms with Gasteiger partial charge in [0.15, 0.2) is 0 Å². The molecule has 0 aliphatic carbocycles. The average Bonchev–Trinajstić information content (AvgIpc) is 2.47. The summed E-state index contributed by atoms with van der Waals surface area (Å²) in [5.41, 5.74) is 9.16. The summed E-state index contributed by atoms with van der Waals surface area (Å²) in [4.78, 5) is 9.33. The minimum atomic E-state index is 0.984. The number of hydrogen-bond donors (Lipinski definition) is 0. The van der Waals surface area contributed by atoms with Gasteiger partial charge in [-0.3, -0.25) is 9.97 Å². The Balaban J connectivity index is 2.19. The number of pyridine rings is 2. The molecule has 22 heavy (non-hydrogen) atoms. The zero-order valence-corrected chi connectivity index (χ0v) is 13.5. The molecule has 0 unspecified atom stereocenters. The second-order valence-corrected chi connectivity index (χ2v) is 5.77. The molecule has 2 heteroatoms. The Kier molecular flexibility index (Phi) is 3.76. The van der Waals surface area contributed by atoms with Crippen molar-refractivity contribution in [2.24, 2.45) is 0 Å². The van der Waals surface area contributed by atoms with Crippen molar-refractivity contribution in [1.29, 1.82) is 0 Å². The fourth-order valence-corrected chi connectivity index (χ4v) is 3.08. The predicted octanol–water partition coefficient (Wildman–Crippen LogP) is 5.04. The first-order valence-electron chi connectivity index (χ1n) is 7.54. The Morgan fingerprint density at radius 1 is 0.682 bits per heavy atom. The van der Waals surface area contributed by atoms with Crippen molar-refractivity contribution in [3.63, 3.8) is 0 Å². The van der Waals surface area contributed by atoms with Crippen molar-refractivity contribution in [3.05, 3.63) is 71.0 Å². The van der Waals surface area contributed by atoms with E-state index in [1.807, 2.05) is 24.4 Å². The number of benzene rings is 1. The van der Waals surface area contributed by atoms with Crippen molar-refractivity contribution in [2.45, 2.75) is 27.7 Å². The maximum absolute atomic E-state index is 4.86. The number of nitrogens with zero attached hydrogens (tertiary/aromatic N) is 2. The molecule has 110 valence electrons. The van der Waals surface area contributed by atoms with Gasteiger partial charge < -0.3 is 0 Å². The Labute approximate surface area is 131 Å². The molecule has 0 N–H and O–H groups in total. The smallest absolute Gasteiger partial charge is 0.0722 e. The van der Waals surface area contributed by atoms with Crippen LogP contribution >= 0.6 is 0 Å². The summed E-state index contributed by atoms with van der Waals surface area (Å²) in [5, 5.41) is 0. The quantitative estimate of drug-likeness (QED) is 0.660. The maximum Gasteiger partial charge on any atom is 0.0722 e. The summed E-state index contributed by atoms with van der Waals surface area (Å²) in [5.74, 6) is 0. The van der Waals surface area contributed by atoms with E-state index in [2.05, 4.69) is 56.9 Å². The topological polar surface area (TPSA) is 25.8 Å². The first kappa shape index (κ1) is 14.5. The molecule has 0 spiro atoms. The van der Waals surface area contributed by atoms with E-state index in [1.54, 1.807) is 0 Å². The number of aromatic nitrogens is 2. The fraction of sp³-hybridized carbons (Fsp3) is 0.200. The van der Waals surface area contributed by atoms with Crippen LogP contribution < -0.4 is 0 Å². The van der Waals surface area contributed by atoms with Crippen molar-refractivity contribution >= 4 is 0 Å². The lowest BCUT2D eigenvalue weighted by atomic mass is 9.96.